The van der Waals surface area contributed by atoms with Crippen LogP contribution in [-0.2, 0) is 9.53 Å². The van der Waals surface area contributed by atoms with E-state index in [1.54, 1.807) is 20.8 Å². The number of ether oxygens (including phenoxy) is 1. The molecule has 116 valence electrons. The molecule has 7 heteroatoms. The van der Waals surface area contributed by atoms with Crippen molar-refractivity contribution in [1.29, 1.82) is 0 Å². The van der Waals surface area contributed by atoms with Crippen LogP contribution in [0.5, 0.6) is 0 Å². The molecule has 1 saturated heterocycles. The van der Waals surface area contributed by atoms with Gasteiger partial charge in [-0.2, -0.15) is 0 Å². The zero-order valence-electron chi connectivity index (χ0n) is 11.9. The Hall–Kier alpha value is -1.40. The predicted molar refractivity (Wildman–Crippen MR) is 67.7 cm³/mol. The van der Waals surface area contributed by atoms with E-state index in [2.05, 4.69) is 0 Å². The average molecular weight is 293 g/mol. The summed E-state index contributed by atoms with van der Waals surface area (Å²) in [6.07, 6.45) is -3.33. The number of carbonyl (C=O) groups is 2. The molecular weight excluding hydrogens is 272 g/mol. The highest BCUT2D eigenvalue weighted by molar-refractivity contribution is 5.73. The number of carbonyl (C=O) groups excluding carboxylic acids is 1. The maximum atomic E-state index is 12.4. The molecule has 0 aromatic heterocycles. The lowest BCUT2D eigenvalue weighted by atomic mass is 9.83. The average Bonchev–Trinajstić information content (AvgIpc) is 2.25. The largest absolute Gasteiger partial charge is 0.481 e. The van der Waals surface area contributed by atoms with Crippen molar-refractivity contribution in [2.75, 3.05) is 13.1 Å². The Bertz CT molecular complexity index is 368. The molecule has 5 nitrogen and oxygen atoms in total. The van der Waals surface area contributed by atoms with E-state index in [0.29, 0.717) is 0 Å². The fraction of sp³-hybridized carbons (Fsp3) is 0.846. The minimum atomic E-state index is -2.53. The second kappa shape index (κ2) is 6.37. The second-order valence-electron chi connectivity index (χ2n) is 6.05. The topological polar surface area (TPSA) is 66.8 Å². The molecule has 2 unspecified atom stereocenters. The van der Waals surface area contributed by atoms with Gasteiger partial charge in [0.15, 0.2) is 0 Å². The molecule has 20 heavy (non-hydrogen) atoms. The van der Waals surface area contributed by atoms with Crippen molar-refractivity contribution in [2.24, 2.45) is 11.8 Å². The van der Waals surface area contributed by atoms with Crippen LogP contribution in [0.3, 0.4) is 0 Å². The normalized spacial score (nSPS) is 23.8. The van der Waals surface area contributed by atoms with E-state index in [1.807, 2.05) is 0 Å². The van der Waals surface area contributed by atoms with Gasteiger partial charge in [-0.15, -0.1) is 0 Å². The molecule has 0 radical (unpaired) electrons. The van der Waals surface area contributed by atoms with Crippen LogP contribution in [0.4, 0.5) is 13.6 Å². The Kier molecular flexibility index (Phi) is 5.30. The number of nitrogens with zero attached hydrogens (tertiary/aromatic N) is 1. The summed E-state index contributed by atoms with van der Waals surface area (Å²) in [6.45, 7) is 5.30. The number of halogens is 2. The molecule has 0 aromatic carbocycles. The first-order chi connectivity index (χ1) is 9.10. The zero-order valence-corrected chi connectivity index (χ0v) is 11.9. The van der Waals surface area contributed by atoms with Crippen LogP contribution >= 0.6 is 0 Å². The van der Waals surface area contributed by atoms with Gasteiger partial charge in [0.1, 0.15) is 5.60 Å². The van der Waals surface area contributed by atoms with E-state index in [-0.39, 0.29) is 19.5 Å². The molecule has 0 bridgehead atoms. The van der Waals surface area contributed by atoms with Crippen LogP contribution in [0.15, 0.2) is 0 Å². The number of hydrogen-bond donors (Lipinski definition) is 1. The third-order valence-electron chi connectivity index (χ3n) is 3.21. The highest BCUT2D eigenvalue weighted by Gasteiger charge is 2.38. The predicted octanol–water partition coefficient (Wildman–Crippen LogP) is 2.60. The number of amides is 1. The number of hydrogen-bond acceptors (Lipinski definition) is 3. The molecule has 1 rings (SSSR count). The van der Waals surface area contributed by atoms with Crippen molar-refractivity contribution in [3.8, 4) is 0 Å². The van der Waals surface area contributed by atoms with Crippen LogP contribution in [0.1, 0.15) is 33.6 Å². The number of piperidine rings is 1. The van der Waals surface area contributed by atoms with Gasteiger partial charge >= 0.3 is 12.1 Å². The van der Waals surface area contributed by atoms with Crippen molar-refractivity contribution < 1.29 is 28.2 Å². The third kappa shape index (κ3) is 4.94. The van der Waals surface area contributed by atoms with Crippen LogP contribution in [-0.4, -0.2) is 47.2 Å². The minimum absolute atomic E-state index is 0.0817. The number of aliphatic carboxylic acids is 1. The first kappa shape index (κ1) is 16.7. The lowest BCUT2D eigenvalue weighted by molar-refractivity contribution is -0.146. The Morgan fingerprint density at radius 1 is 1.40 bits per heavy atom. The molecule has 0 spiro atoms. The fourth-order valence-corrected chi connectivity index (χ4v) is 2.28. The summed E-state index contributed by atoms with van der Waals surface area (Å²) >= 11 is 0. The maximum Gasteiger partial charge on any atom is 0.410 e. The number of carboxylic acid groups (broad SMARTS) is 1. The molecule has 0 aromatic rings. The number of rotatable bonds is 3. The number of carboxylic acids is 1. The molecule has 1 aliphatic rings. The van der Waals surface area contributed by atoms with E-state index >= 15 is 0 Å². The first-order valence-electron chi connectivity index (χ1n) is 6.59. The third-order valence-corrected chi connectivity index (χ3v) is 3.21. The lowest BCUT2D eigenvalue weighted by Gasteiger charge is -2.37. The summed E-state index contributed by atoms with van der Waals surface area (Å²) in [6, 6.07) is 0. The Morgan fingerprint density at radius 3 is 2.45 bits per heavy atom. The summed E-state index contributed by atoms with van der Waals surface area (Å²) in [4.78, 5) is 24.3. The van der Waals surface area contributed by atoms with E-state index in [0.717, 1.165) is 0 Å². The molecule has 1 amide bonds. The lowest BCUT2D eigenvalue weighted by Crippen LogP contribution is -2.48. The summed E-state index contributed by atoms with van der Waals surface area (Å²) in [5.74, 6) is -2.72. The summed E-state index contributed by atoms with van der Waals surface area (Å²) in [5, 5.41) is 9.13. The van der Waals surface area contributed by atoms with Gasteiger partial charge in [0.2, 0.25) is 6.43 Å². The minimum Gasteiger partial charge on any atom is -0.481 e. The van der Waals surface area contributed by atoms with Crippen LogP contribution < -0.4 is 0 Å². The number of alkyl halides is 2. The van der Waals surface area contributed by atoms with Gasteiger partial charge in [0.25, 0.3) is 0 Å². The smallest absolute Gasteiger partial charge is 0.410 e. The molecule has 1 N–H and O–H groups in total. The van der Waals surface area contributed by atoms with Gasteiger partial charge < -0.3 is 14.7 Å². The zero-order chi connectivity index (χ0) is 15.5. The molecule has 0 aliphatic carbocycles. The van der Waals surface area contributed by atoms with E-state index in [9.17, 15) is 18.4 Å². The summed E-state index contributed by atoms with van der Waals surface area (Å²) < 4.78 is 30.0. The van der Waals surface area contributed by atoms with Crippen molar-refractivity contribution in [3.05, 3.63) is 0 Å². The van der Waals surface area contributed by atoms with Gasteiger partial charge in [-0.1, -0.05) is 0 Å². The Balaban J connectivity index is 2.68. The van der Waals surface area contributed by atoms with Crippen molar-refractivity contribution >= 4 is 12.1 Å². The molecule has 1 heterocycles. The SMILES string of the molecule is CC(C)(C)OC(=O)N1CCC(CC(F)F)C(C(=O)O)C1. The highest BCUT2D eigenvalue weighted by Crippen LogP contribution is 2.30. The van der Waals surface area contributed by atoms with Crippen LogP contribution in [0.2, 0.25) is 0 Å². The maximum absolute atomic E-state index is 12.4. The molecule has 1 fully saturated rings. The van der Waals surface area contributed by atoms with E-state index in [1.165, 1.54) is 4.90 Å². The number of likely N-dealkylation sites (tertiary alicyclic amines) is 1. The first-order valence-corrected chi connectivity index (χ1v) is 6.59. The summed E-state index contributed by atoms with van der Waals surface area (Å²) in [7, 11) is 0. The van der Waals surface area contributed by atoms with Crippen molar-refractivity contribution in [2.45, 2.75) is 45.6 Å². The van der Waals surface area contributed by atoms with Crippen LogP contribution in [0.25, 0.3) is 0 Å². The highest BCUT2D eigenvalue weighted by atomic mass is 19.3. The Labute approximate surface area is 116 Å². The van der Waals surface area contributed by atoms with E-state index < -0.39 is 42.3 Å². The van der Waals surface area contributed by atoms with E-state index in [4.69, 9.17) is 9.84 Å². The van der Waals surface area contributed by atoms with Gasteiger partial charge in [-0.05, 0) is 33.1 Å². The molecule has 1 aliphatic heterocycles. The van der Waals surface area contributed by atoms with Gasteiger partial charge in [0, 0.05) is 19.5 Å². The van der Waals surface area contributed by atoms with Crippen LogP contribution in [0, 0.1) is 11.8 Å². The monoisotopic (exact) mass is 293 g/mol. The fourth-order valence-electron chi connectivity index (χ4n) is 2.28. The summed E-state index contributed by atoms with van der Waals surface area (Å²) in [5.41, 5.74) is -0.671. The molecule has 0 saturated carbocycles. The molecular formula is C13H21F2NO4. The Morgan fingerprint density at radius 2 is 2.00 bits per heavy atom. The van der Waals surface area contributed by atoms with Crippen molar-refractivity contribution in [3.63, 3.8) is 0 Å². The van der Waals surface area contributed by atoms with Gasteiger partial charge in [-0.3, -0.25) is 4.79 Å². The van der Waals surface area contributed by atoms with Gasteiger partial charge in [-0.25, -0.2) is 13.6 Å². The van der Waals surface area contributed by atoms with Crippen molar-refractivity contribution in [1.82, 2.24) is 4.90 Å². The standard InChI is InChI=1S/C13H21F2NO4/c1-13(2,3)20-12(19)16-5-4-8(6-10(14)15)9(7-16)11(17)18/h8-10H,4-7H2,1-3H3,(H,17,18). The van der Waals surface area contributed by atoms with Gasteiger partial charge in [0.05, 0.1) is 5.92 Å². The quantitative estimate of drug-likeness (QED) is 0.868. The second-order valence-corrected chi connectivity index (χ2v) is 6.05. The molecule has 2 atom stereocenters.